The highest BCUT2D eigenvalue weighted by Gasteiger charge is 2.33. The summed E-state index contributed by atoms with van der Waals surface area (Å²) in [7, 11) is 1.80. The number of halogens is 1. The zero-order chi connectivity index (χ0) is 21.8. The Morgan fingerprint density at radius 2 is 2.00 bits per heavy atom. The van der Waals surface area contributed by atoms with Crippen molar-refractivity contribution in [1.29, 1.82) is 0 Å². The van der Waals surface area contributed by atoms with E-state index in [2.05, 4.69) is 37.3 Å². The van der Waals surface area contributed by atoms with Crippen LogP contribution in [-0.2, 0) is 0 Å². The number of aromatic nitrogens is 2. The summed E-state index contributed by atoms with van der Waals surface area (Å²) in [6.45, 7) is 7.54. The van der Waals surface area contributed by atoms with Gasteiger partial charge in [-0.25, -0.2) is 4.98 Å². The number of rotatable bonds is 6. The van der Waals surface area contributed by atoms with E-state index in [9.17, 15) is 0 Å². The number of anilines is 3. The van der Waals surface area contributed by atoms with Gasteiger partial charge in [0.1, 0.15) is 5.82 Å². The van der Waals surface area contributed by atoms with E-state index < -0.39 is 0 Å². The Kier molecular flexibility index (Phi) is 6.92. The Balaban J connectivity index is 1.51. The molecule has 7 nitrogen and oxygen atoms in total. The fraction of sp³-hybridized carbons (Fsp3) is 0.522. The van der Waals surface area contributed by atoms with Crippen molar-refractivity contribution in [2.75, 3.05) is 42.2 Å². The van der Waals surface area contributed by atoms with Gasteiger partial charge in [-0.1, -0.05) is 18.5 Å². The number of piperidine rings is 1. The molecule has 2 heterocycles. The first-order valence-electron chi connectivity index (χ1n) is 11.2. The van der Waals surface area contributed by atoms with E-state index in [0.717, 1.165) is 60.5 Å². The average molecular weight is 442 g/mol. The number of hydrogen-bond donors (Lipinski definition) is 2. The smallest absolute Gasteiger partial charge is 0.231 e. The molecule has 2 aromatic rings. The lowest BCUT2D eigenvalue weighted by Gasteiger charge is -2.32. The molecule has 0 spiro atoms. The Morgan fingerprint density at radius 1 is 1.23 bits per heavy atom. The van der Waals surface area contributed by atoms with E-state index in [4.69, 9.17) is 16.6 Å². The van der Waals surface area contributed by atoms with Gasteiger partial charge >= 0.3 is 0 Å². The van der Waals surface area contributed by atoms with Crippen LogP contribution in [0.15, 0.2) is 35.3 Å². The fourth-order valence-electron chi connectivity index (χ4n) is 4.13. The van der Waals surface area contributed by atoms with Gasteiger partial charge < -0.3 is 15.1 Å². The Hall–Kier alpha value is -2.38. The zero-order valence-corrected chi connectivity index (χ0v) is 19.4. The summed E-state index contributed by atoms with van der Waals surface area (Å²) < 4.78 is 0. The maximum atomic E-state index is 6.09. The molecule has 1 aliphatic heterocycles. The lowest BCUT2D eigenvalue weighted by atomic mass is 10.1. The minimum absolute atomic E-state index is 0.409. The third-order valence-corrected chi connectivity index (χ3v) is 6.09. The Morgan fingerprint density at radius 3 is 2.68 bits per heavy atom. The fourth-order valence-corrected chi connectivity index (χ4v) is 4.26. The topological polar surface area (TPSA) is 68.7 Å². The molecule has 31 heavy (non-hydrogen) atoms. The molecule has 2 fully saturated rings. The average Bonchev–Trinajstić information content (AvgIpc) is 3.59. The summed E-state index contributed by atoms with van der Waals surface area (Å²) in [5.41, 5.74) is 1.98. The molecule has 1 saturated carbocycles. The molecule has 0 amide bonds. The van der Waals surface area contributed by atoms with E-state index >= 15 is 0 Å². The molecule has 0 radical (unpaired) electrons. The first-order chi connectivity index (χ1) is 15.1. The maximum absolute atomic E-state index is 6.09. The lowest BCUT2D eigenvalue weighted by Crippen LogP contribution is -2.42. The first kappa shape index (κ1) is 21.8. The highest BCUT2D eigenvalue weighted by molar-refractivity contribution is 6.30. The second-order valence-corrected chi connectivity index (χ2v) is 8.78. The van der Waals surface area contributed by atoms with Crippen molar-refractivity contribution in [3.05, 3.63) is 41.0 Å². The van der Waals surface area contributed by atoms with E-state index in [0.29, 0.717) is 18.0 Å². The van der Waals surface area contributed by atoms with Crippen molar-refractivity contribution in [3.8, 4) is 0 Å². The number of nitrogens with zero attached hydrogens (tertiary/aromatic N) is 5. The van der Waals surface area contributed by atoms with Crippen LogP contribution in [0, 0.1) is 6.92 Å². The van der Waals surface area contributed by atoms with Crippen LogP contribution in [0.1, 0.15) is 38.3 Å². The molecule has 0 bridgehead atoms. The number of likely N-dealkylation sites (tertiary alicyclic amines) is 1. The van der Waals surface area contributed by atoms with Gasteiger partial charge in [-0.05, 0) is 70.0 Å². The van der Waals surface area contributed by atoms with Crippen molar-refractivity contribution in [2.24, 2.45) is 4.99 Å². The van der Waals surface area contributed by atoms with Crippen molar-refractivity contribution < 1.29 is 0 Å². The Bertz CT molecular complexity index is 911. The highest BCUT2D eigenvalue weighted by atomic mass is 35.5. The molecule has 1 atom stereocenters. The molecule has 8 heteroatoms. The van der Waals surface area contributed by atoms with Crippen LogP contribution in [0.2, 0.25) is 5.02 Å². The molecule has 1 aromatic heterocycles. The zero-order valence-electron chi connectivity index (χ0n) is 18.6. The Labute approximate surface area is 189 Å². The van der Waals surface area contributed by atoms with Gasteiger partial charge in [0.15, 0.2) is 0 Å². The van der Waals surface area contributed by atoms with Crippen LogP contribution in [0.3, 0.4) is 0 Å². The van der Waals surface area contributed by atoms with Crippen molar-refractivity contribution in [3.63, 3.8) is 0 Å². The summed E-state index contributed by atoms with van der Waals surface area (Å²) in [6, 6.07) is 10.7. The molecule has 1 aromatic carbocycles. The standard InChI is InChI=1S/C23H32ClN7/c1-4-30-13-5-6-18(15-30)27-21-14-16(2)26-22(28-21)29-23(25-3)31(20-11-12-20)19-9-7-17(24)8-10-19/h7-10,14,18,20H,4-6,11-13,15H2,1-3H3,(H2,25,26,27,28,29). The highest BCUT2D eigenvalue weighted by Crippen LogP contribution is 2.33. The number of aryl methyl sites for hydroxylation is 1. The minimum Gasteiger partial charge on any atom is -0.366 e. The van der Waals surface area contributed by atoms with Crippen LogP contribution in [0.25, 0.3) is 0 Å². The first-order valence-corrected chi connectivity index (χ1v) is 11.6. The van der Waals surface area contributed by atoms with Gasteiger partial charge in [0.2, 0.25) is 11.9 Å². The summed E-state index contributed by atoms with van der Waals surface area (Å²) >= 11 is 6.09. The largest absolute Gasteiger partial charge is 0.366 e. The van der Waals surface area contributed by atoms with Gasteiger partial charge in [-0.3, -0.25) is 10.3 Å². The number of likely N-dealkylation sites (N-methyl/N-ethyl adjacent to an activating group) is 1. The summed E-state index contributed by atoms with van der Waals surface area (Å²) in [4.78, 5) is 18.6. The monoisotopic (exact) mass is 441 g/mol. The molecule has 166 valence electrons. The van der Waals surface area contributed by atoms with Gasteiger partial charge in [0.05, 0.1) is 0 Å². The second-order valence-electron chi connectivity index (χ2n) is 8.34. The van der Waals surface area contributed by atoms with Gasteiger partial charge in [0.25, 0.3) is 0 Å². The number of benzene rings is 1. The van der Waals surface area contributed by atoms with Gasteiger partial charge in [-0.2, -0.15) is 4.98 Å². The quantitative estimate of drug-likeness (QED) is 0.511. The van der Waals surface area contributed by atoms with Crippen LogP contribution in [0.4, 0.5) is 17.5 Å². The molecule has 1 aliphatic carbocycles. The van der Waals surface area contributed by atoms with Gasteiger partial charge in [0, 0.05) is 48.1 Å². The van der Waals surface area contributed by atoms with Crippen LogP contribution < -0.4 is 15.5 Å². The summed E-state index contributed by atoms with van der Waals surface area (Å²) in [6.07, 6.45) is 4.65. The SMILES string of the molecule is CCN1CCCC(Nc2cc(C)nc(N/C(=N/C)N(c3ccc(Cl)cc3)C3CC3)n2)C1. The molecule has 2 aliphatic rings. The van der Waals surface area contributed by atoms with E-state index in [-0.39, 0.29) is 0 Å². The van der Waals surface area contributed by atoms with E-state index in [1.807, 2.05) is 37.3 Å². The van der Waals surface area contributed by atoms with Crippen LogP contribution in [0.5, 0.6) is 0 Å². The number of hydrogen-bond acceptors (Lipinski definition) is 5. The number of guanidine groups is 1. The number of aliphatic imine (C=N–C) groups is 1. The molecule has 4 rings (SSSR count). The minimum atomic E-state index is 0.409. The number of nitrogens with one attached hydrogen (secondary N) is 2. The third-order valence-electron chi connectivity index (χ3n) is 5.84. The van der Waals surface area contributed by atoms with E-state index in [1.54, 1.807) is 7.05 Å². The molecule has 1 unspecified atom stereocenters. The third kappa shape index (κ3) is 5.66. The normalized spacial score (nSPS) is 19.9. The van der Waals surface area contributed by atoms with Crippen molar-refractivity contribution in [1.82, 2.24) is 14.9 Å². The predicted molar refractivity (Wildman–Crippen MR) is 129 cm³/mol. The molecule has 2 N–H and O–H groups in total. The molecule has 1 saturated heterocycles. The molecular weight excluding hydrogens is 410 g/mol. The molecular formula is C23H32ClN7. The maximum Gasteiger partial charge on any atom is 0.231 e. The van der Waals surface area contributed by atoms with Crippen molar-refractivity contribution in [2.45, 2.75) is 51.6 Å². The van der Waals surface area contributed by atoms with Gasteiger partial charge in [-0.15, -0.1) is 0 Å². The van der Waals surface area contributed by atoms with Crippen molar-refractivity contribution >= 4 is 35.0 Å². The van der Waals surface area contributed by atoms with Crippen LogP contribution in [-0.4, -0.2) is 59.6 Å². The second kappa shape index (κ2) is 9.83. The van der Waals surface area contributed by atoms with Crippen LogP contribution >= 0.6 is 11.6 Å². The summed E-state index contributed by atoms with van der Waals surface area (Å²) in [5, 5.41) is 7.72. The lowest BCUT2D eigenvalue weighted by molar-refractivity contribution is 0.226. The summed E-state index contributed by atoms with van der Waals surface area (Å²) in [5.74, 6) is 2.17. The van der Waals surface area contributed by atoms with E-state index in [1.165, 1.54) is 13.0 Å². The predicted octanol–water partition coefficient (Wildman–Crippen LogP) is 4.40.